The van der Waals surface area contributed by atoms with Crippen LogP contribution in [0.1, 0.15) is 23.6 Å². The monoisotopic (exact) mass is 412 g/mol. The third-order valence-electron chi connectivity index (χ3n) is 5.86. The van der Waals surface area contributed by atoms with E-state index in [-0.39, 0.29) is 17.8 Å². The average molecular weight is 413 g/mol. The number of pyridine rings is 1. The van der Waals surface area contributed by atoms with Gasteiger partial charge in [0, 0.05) is 58.2 Å². The molecule has 2 saturated heterocycles. The molecular formula is C23H29FN4O2. The molecule has 6 nitrogen and oxygen atoms in total. The molecule has 2 fully saturated rings. The van der Waals surface area contributed by atoms with Crippen molar-refractivity contribution in [1.82, 2.24) is 19.7 Å². The van der Waals surface area contributed by atoms with Crippen LogP contribution in [0, 0.1) is 5.82 Å². The van der Waals surface area contributed by atoms with Crippen LogP contribution < -0.4 is 0 Å². The molecule has 0 saturated carbocycles. The lowest BCUT2D eigenvalue weighted by molar-refractivity contribution is -0.139. The number of carbonyl (C=O) groups excluding carboxylic acids is 1. The van der Waals surface area contributed by atoms with Crippen molar-refractivity contribution in [2.45, 2.75) is 19.0 Å². The second-order valence-electron chi connectivity index (χ2n) is 7.92. The van der Waals surface area contributed by atoms with Crippen LogP contribution in [0.3, 0.4) is 0 Å². The number of ether oxygens (including phenoxy) is 1. The van der Waals surface area contributed by atoms with Crippen LogP contribution in [0.5, 0.6) is 0 Å². The van der Waals surface area contributed by atoms with Gasteiger partial charge in [-0.2, -0.15) is 0 Å². The number of benzene rings is 1. The Labute approximate surface area is 177 Å². The summed E-state index contributed by atoms with van der Waals surface area (Å²) in [5.41, 5.74) is 2.04. The molecule has 0 aliphatic carbocycles. The third-order valence-corrected chi connectivity index (χ3v) is 5.86. The molecule has 0 bridgehead atoms. The predicted molar refractivity (Wildman–Crippen MR) is 112 cm³/mol. The number of hydrogen-bond acceptors (Lipinski definition) is 5. The highest BCUT2D eigenvalue weighted by molar-refractivity contribution is 5.83. The van der Waals surface area contributed by atoms with Gasteiger partial charge in [-0.3, -0.25) is 19.6 Å². The van der Waals surface area contributed by atoms with Crippen LogP contribution in [-0.2, 0) is 16.1 Å². The summed E-state index contributed by atoms with van der Waals surface area (Å²) in [5.74, 6) is -0.0653. The molecular weight excluding hydrogens is 383 g/mol. The molecule has 2 aliphatic heterocycles. The Morgan fingerprint density at radius 2 is 1.83 bits per heavy atom. The van der Waals surface area contributed by atoms with Gasteiger partial charge in [-0.25, -0.2) is 4.39 Å². The molecule has 4 rings (SSSR count). The Kier molecular flexibility index (Phi) is 7.04. The fraction of sp³-hybridized carbons (Fsp3) is 0.478. The first-order valence-electron chi connectivity index (χ1n) is 10.7. The quantitative estimate of drug-likeness (QED) is 0.755. The lowest BCUT2D eigenvalue weighted by Gasteiger charge is -2.36. The normalized spacial score (nSPS) is 20.0. The molecule has 1 aromatic carbocycles. The number of morpholine rings is 1. The van der Waals surface area contributed by atoms with E-state index >= 15 is 0 Å². The van der Waals surface area contributed by atoms with Crippen molar-refractivity contribution in [1.29, 1.82) is 0 Å². The molecule has 30 heavy (non-hydrogen) atoms. The second-order valence-corrected chi connectivity index (χ2v) is 7.92. The molecule has 160 valence electrons. The van der Waals surface area contributed by atoms with Crippen molar-refractivity contribution in [3.05, 3.63) is 65.7 Å². The van der Waals surface area contributed by atoms with Gasteiger partial charge in [-0.05, 0) is 35.7 Å². The van der Waals surface area contributed by atoms with E-state index in [0.717, 1.165) is 56.8 Å². The van der Waals surface area contributed by atoms with E-state index in [4.69, 9.17) is 4.74 Å². The lowest BCUT2D eigenvalue weighted by Crippen LogP contribution is -2.48. The Hall–Kier alpha value is -2.35. The van der Waals surface area contributed by atoms with Crippen molar-refractivity contribution in [2.24, 2.45) is 0 Å². The molecule has 0 N–H and O–H groups in total. The maximum Gasteiger partial charge on any atom is 0.244 e. The average Bonchev–Trinajstić information content (AvgIpc) is 3.03. The molecule has 1 aromatic heterocycles. The van der Waals surface area contributed by atoms with Gasteiger partial charge in [-0.1, -0.05) is 18.2 Å². The number of aromatic nitrogens is 1. The molecule has 0 radical (unpaired) electrons. The highest BCUT2D eigenvalue weighted by Gasteiger charge is 2.33. The molecule has 1 amide bonds. The second kappa shape index (κ2) is 10.1. The van der Waals surface area contributed by atoms with Crippen LogP contribution in [0.25, 0.3) is 0 Å². The van der Waals surface area contributed by atoms with Crippen molar-refractivity contribution >= 4 is 5.91 Å². The van der Waals surface area contributed by atoms with Gasteiger partial charge in [0.25, 0.3) is 0 Å². The first-order chi connectivity index (χ1) is 14.7. The summed E-state index contributed by atoms with van der Waals surface area (Å²) in [6.07, 6.45) is 4.47. The molecule has 1 unspecified atom stereocenters. The van der Waals surface area contributed by atoms with Crippen LogP contribution in [0.2, 0.25) is 0 Å². The Bertz CT molecular complexity index is 812. The summed E-state index contributed by atoms with van der Waals surface area (Å²) in [6.45, 7) is 6.75. The minimum atomic E-state index is -0.314. The Balaban J connectivity index is 1.43. The maximum absolute atomic E-state index is 13.6. The van der Waals surface area contributed by atoms with Gasteiger partial charge >= 0.3 is 0 Å². The number of amides is 1. The minimum absolute atomic E-state index is 0.147. The van der Waals surface area contributed by atoms with Gasteiger partial charge in [0.15, 0.2) is 0 Å². The zero-order valence-electron chi connectivity index (χ0n) is 17.3. The van der Waals surface area contributed by atoms with Crippen molar-refractivity contribution in [3.8, 4) is 0 Å². The third kappa shape index (κ3) is 5.22. The van der Waals surface area contributed by atoms with Gasteiger partial charge in [0.05, 0.1) is 13.2 Å². The predicted octanol–water partition coefficient (Wildman–Crippen LogP) is 2.33. The van der Waals surface area contributed by atoms with E-state index < -0.39 is 0 Å². The number of halogens is 1. The van der Waals surface area contributed by atoms with E-state index in [1.165, 1.54) is 12.1 Å². The molecule has 7 heteroatoms. The highest BCUT2D eigenvalue weighted by Crippen LogP contribution is 2.24. The van der Waals surface area contributed by atoms with Crippen molar-refractivity contribution in [3.63, 3.8) is 0 Å². The van der Waals surface area contributed by atoms with E-state index in [1.54, 1.807) is 12.4 Å². The molecule has 3 heterocycles. The summed E-state index contributed by atoms with van der Waals surface area (Å²) in [5, 5.41) is 0. The topological polar surface area (TPSA) is 48.9 Å². The van der Waals surface area contributed by atoms with Crippen LogP contribution in [-0.4, -0.2) is 78.1 Å². The summed E-state index contributed by atoms with van der Waals surface area (Å²) in [7, 11) is 0. The Morgan fingerprint density at radius 1 is 1.03 bits per heavy atom. The van der Waals surface area contributed by atoms with Crippen molar-refractivity contribution in [2.75, 3.05) is 52.5 Å². The van der Waals surface area contributed by atoms with E-state index in [0.29, 0.717) is 19.8 Å². The summed E-state index contributed by atoms with van der Waals surface area (Å²) >= 11 is 0. The molecule has 0 spiro atoms. The summed E-state index contributed by atoms with van der Waals surface area (Å²) in [4.78, 5) is 24.4. The van der Waals surface area contributed by atoms with Crippen molar-refractivity contribution < 1.29 is 13.9 Å². The standard InChI is InChI=1S/C23H29FN4O2/c24-21-6-4-19(5-7-21)18-26-9-2-10-28(12-11-26)23(29)22(20-3-1-8-25-17-20)27-13-15-30-16-14-27/h1,3-8,17,22H,2,9-16,18H2. The van der Waals surface area contributed by atoms with Gasteiger partial charge < -0.3 is 9.64 Å². The van der Waals surface area contributed by atoms with Gasteiger partial charge in [0.2, 0.25) is 5.91 Å². The van der Waals surface area contributed by atoms with E-state index in [1.807, 2.05) is 29.2 Å². The molecule has 2 aliphatic rings. The number of rotatable bonds is 5. The summed E-state index contributed by atoms with van der Waals surface area (Å²) in [6, 6.07) is 10.2. The number of nitrogens with zero attached hydrogens (tertiary/aromatic N) is 4. The van der Waals surface area contributed by atoms with Gasteiger partial charge in [0.1, 0.15) is 11.9 Å². The Morgan fingerprint density at radius 3 is 2.57 bits per heavy atom. The largest absolute Gasteiger partial charge is 0.379 e. The smallest absolute Gasteiger partial charge is 0.244 e. The number of carbonyl (C=O) groups is 1. The summed E-state index contributed by atoms with van der Waals surface area (Å²) < 4.78 is 18.7. The number of hydrogen-bond donors (Lipinski definition) is 0. The van der Waals surface area contributed by atoms with Gasteiger partial charge in [-0.15, -0.1) is 0 Å². The first-order valence-corrected chi connectivity index (χ1v) is 10.7. The SMILES string of the molecule is O=C(C(c1cccnc1)N1CCOCC1)N1CCCN(Cc2ccc(F)cc2)CC1. The zero-order chi connectivity index (χ0) is 20.8. The fourth-order valence-corrected chi connectivity index (χ4v) is 4.25. The first kappa shape index (κ1) is 20.9. The maximum atomic E-state index is 13.6. The fourth-order valence-electron chi connectivity index (χ4n) is 4.25. The highest BCUT2D eigenvalue weighted by atomic mass is 19.1. The van der Waals surface area contributed by atoms with Crippen LogP contribution in [0.15, 0.2) is 48.8 Å². The van der Waals surface area contributed by atoms with Crippen LogP contribution >= 0.6 is 0 Å². The van der Waals surface area contributed by atoms with E-state index in [2.05, 4.69) is 14.8 Å². The molecule has 1 atom stereocenters. The minimum Gasteiger partial charge on any atom is -0.379 e. The lowest BCUT2D eigenvalue weighted by atomic mass is 10.0. The zero-order valence-corrected chi connectivity index (χ0v) is 17.3. The van der Waals surface area contributed by atoms with Crippen LogP contribution in [0.4, 0.5) is 4.39 Å². The molecule has 2 aromatic rings. The van der Waals surface area contributed by atoms with E-state index in [9.17, 15) is 9.18 Å².